The number of amides is 3. The Hall–Kier alpha value is -6.30. The van der Waals surface area contributed by atoms with Crippen LogP contribution in [-0.4, -0.2) is 57.0 Å². The van der Waals surface area contributed by atoms with E-state index in [9.17, 15) is 28.8 Å². The van der Waals surface area contributed by atoms with Gasteiger partial charge in [0.1, 0.15) is 0 Å². The molecule has 0 fully saturated rings. The number of ether oxygens (including phenoxy) is 3. The monoisotopic (exact) mass is 609 g/mol. The Bertz CT molecular complexity index is 1690. The number of anilines is 3. The first-order chi connectivity index (χ1) is 21.6. The summed E-state index contributed by atoms with van der Waals surface area (Å²) in [5.41, 5.74) is 1.76. The Morgan fingerprint density at radius 3 is 1.20 bits per heavy atom. The lowest BCUT2D eigenvalue weighted by Crippen LogP contribution is -2.18. The maximum atomic E-state index is 13.3. The first-order valence-corrected chi connectivity index (χ1v) is 13.3. The molecule has 4 aromatic carbocycles. The van der Waals surface area contributed by atoms with Gasteiger partial charge in [0.2, 0.25) is 0 Å². The highest BCUT2D eigenvalue weighted by molar-refractivity contribution is 6.12. The zero-order valence-electron chi connectivity index (χ0n) is 24.3. The fourth-order valence-electron chi connectivity index (χ4n) is 4.09. The van der Waals surface area contributed by atoms with E-state index in [1.54, 1.807) is 0 Å². The summed E-state index contributed by atoms with van der Waals surface area (Å²) in [5.74, 6) is -3.53. The van der Waals surface area contributed by atoms with Crippen molar-refractivity contribution in [2.75, 3.05) is 37.3 Å². The van der Waals surface area contributed by atoms with Crippen LogP contribution in [0.1, 0.15) is 62.1 Å². The molecular formula is C33H27N3O9. The van der Waals surface area contributed by atoms with Crippen molar-refractivity contribution >= 4 is 52.7 Å². The van der Waals surface area contributed by atoms with Crippen molar-refractivity contribution < 1.29 is 43.0 Å². The summed E-state index contributed by atoms with van der Waals surface area (Å²) >= 11 is 0. The molecule has 45 heavy (non-hydrogen) atoms. The fourth-order valence-corrected chi connectivity index (χ4v) is 4.09. The first-order valence-electron chi connectivity index (χ1n) is 13.3. The van der Waals surface area contributed by atoms with Crippen LogP contribution in [0.4, 0.5) is 17.1 Å². The molecule has 12 heteroatoms. The van der Waals surface area contributed by atoms with Crippen LogP contribution in [0.2, 0.25) is 0 Å². The van der Waals surface area contributed by atoms with Gasteiger partial charge in [0.25, 0.3) is 17.7 Å². The lowest BCUT2D eigenvalue weighted by atomic mass is 10.1. The average Bonchev–Trinajstić information content (AvgIpc) is 3.07. The van der Waals surface area contributed by atoms with E-state index in [1.807, 2.05) is 0 Å². The number of rotatable bonds is 9. The number of esters is 3. The van der Waals surface area contributed by atoms with Crippen molar-refractivity contribution in [1.82, 2.24) is 0 Å². The number of benzene rings is 4. The Kier molecular flexibility index (Phi) is 10.0. The maximum absolute atomic E-state index is 13.3. The van der Waals surface area contributed by atoms with Crippen LogP contribution < -0.4 is 16.0 Å². The summed E-state index contributed by atoms with van der Waals surface area (Å²) in [5, 5.41) is 8.04. The Balaban J connectivity index is 1.63. The molecule has 0 atom stereocenters. The van der Waals surface area contributed by atoms with Gasteiger partial charge in [-0.15, -0.1) is 0 Å². The van der Waals surface area contributed by atoms with Gasteiger partial charge in [0.05, 0.1) is 38.0 Å². The van der Waals surface area contributed by atoms with Crippen molar-refractivity contribution in [2.24, 2.45) is 0 Å². The van der Waals surface area contributed by atoms with E-state index in [4.69, 9.17) is 4.74 Å². The zero-order valence-corrected chi connectivity index (χ0v) is 24.3. The molecule has 3 N–H and O–H groups in total. The molecule has 4 aromatic rings. The third-order valence-corrected chi connectivity index (χ3v) is 6.39. The normalized spacial score (nSPS) is 10.2. The fraction of sp³-hybridized carbons (Fsp3) is 0.0909. The molecule has 0 aliphatic rings. The minimum Gasteiger partial charge on any atom is -0.465 e. The van der Waals surface area contributed by atoms with Crippen LogP contribution >= 0.6 is 0 Å². The highest BCUT2D eigenvalue weighted by Gasteiger charge is 2.17. The third-order valence-electron chi connectivity index (χ3n) is 6.39. The van der Waals surface area contributed by atoms with Crippen LogP contribution in [0, 0.1) is 0 Å². The number of methoxy groups -OCH3 is 3. The van der Waals surface area contributed by atoms with Gasteiger partial charge < -0.3 is 30.2 Å². The van der Waals surface area contributed by atoms with Crippen molar-refractivity contribution in [3.63, 3.8) is 0 Å². The number of hydrogen-bond donors (Lipinski definition) is 3. The van der Waals surface area contributed by atoms with Crippen LogP contribution in [0.3, 0.4) is 0 Å². The molecule has 0 bridgehead atoms. The molecule has 0 saturated heterocycles. The van der Waals surface area contributed by atoms with Crippen LogP contribution in [0.5, 0.6) is 0 Å². The van der Waals surface area contributed by atoms with E-state index < -0.39 is 35.6 Å². The zero-order chi connectivity index (χ0) is 32.5. The molecule has 0 unspecified atom stereocenters. The van der Waals surface area contributed by atoms with Crippen LogP contribution in [-0.2, 0) is 14.2 Å². The summed E-state index contributed by atoms with van der Waals surface area (Å²) in [6.45, 7) is 0. The van der Waals surface area contributed by atoms with Gasteiger partial charge in [-0.1, -0.05) is 6.07 Å². The molecule has 228 valence electrons. The van der Waals surface area contributed by atoms with E-state index in [0.29, 0.717) is 11.4 Å². The summed E-state index contributed by atoms with van der Waals surface area (Å²) in [6.07, 6.45) is 0. The highest BCUT2D eigenvalue weighted by Crippen LogP contribution is 2.21. The lowest BCUT2D eigenvalue weighted by molar-refractivity contribution is 0.0591. The van der Waals surface area contributed by atoms with E-state index in [2.05, 4.69) is 25.4 Å². The molecule has 12 nitrogen and oxygen atoms in total. The van der Waals surface area contributed by atoms with Crippen LogP contribution in [0.25, 0.3) is 0 Å². The molecular weight excluding hydrogens is 582 g/mol. The van der Waals surface area contributed by atoms with Gasteiger partial charge in [-0.05, 0) is 84.9 Å². The maximum Gasteiger partial charge on any atom is 0.337 e. The lowest BCUT2D eigenvalue weighted by Gasteiger charge is -2.13. The van der Waals surface area contributed by atoms with Crippen molar-refractivity contribution in [1.29, 1.82) is 0 Å². The summed E-state index contributed by atoms with van der Waals surface area (Å²) in [4.78, 5) is 75.0. The largest absolute Gasteiger partial charge is 0.465 e. The Labute approximate surface area is 257 Å². The van der Waals surface area contributed by atoms with E-state index >= 15 is 0 Å². The Morgan fingerprint density at radius 2 is 0.756 bits per heavy atom. The second kappa shape index (κ2) is 14.2. The first kappa shape index (κ1) is 31.6. The smallest absolute Gasteiger partial charge is 0.337 e. The Morgan fingerprint density at radius 1 is 0.400 bits per heavy atom. The molecule has 3 amide bonds. The second-order valence-electron chi connectivity index (χ2n) is 9.37. The molecule has 0 aliphatic heterocycles. The summed E-state index contributed by atoms with van der Waals surface area (Å²) < 4.78 is 14.1. The van der Waals surface area contributed by atoms with Crippen molar-refractivity contribution in [2.45, 2.75) is 0 Å². The van der Waals surface area contributed by atoms with E-state index in [-0.39, 0.29) is 39.1 Å². The van der Waals surface area contributed by atoms with E-state index in [0.717, 1.165) is 0 Å². The molecule has 0 radical (unpaired) electrons. The standard InChI is InChI=1S/C33H27N3O9/c1-43-31(40)19-7-11-25(12-8-19)34-29(38)23-16-24(30(39)35-26-13-9-20(10-14-26)32(41)44-2)18-27(17-23)36-28(37)21-5-4-6-22(15-21)33(42)45-3/h4-18H,1-3H3,(H,34,38)(H,35,39)(H,36,37). The molecule has 4 rings (SSSR count). The van der Waals surface area contributed by atoms with Gasteiger partial charge in [-0.25, -0.2) is 14.4 Å². The van der Waals surface area contributed by atoms with Gasteiger partial charge >= 0.3 is 17.9 Å². The summed E-state index contributed by atoms with van der Waals surface area (Å²) in [6, 6.07) is 21.9. The minimum atomic E-state index is -0.624. The van der Waals surface area contributed by atoms with E-state index in [1.165, 1.54) is 112 Å². The average molecular weight is 610 g/mol. The summed E-state index contributed by atoms with van der Waals surface area (Å²) in [7, 11) is 3.73. The number of hydrogen-bond acceptors (Lipinski definition) is 9. The van der Waals surface area contributed by atoms with Gasteiger partial charge in [-0.3, -0.25) is 14.4 Å². The quantitative estimate of drug-likeness (QED) is 0.178. The van der Waals surface area contributed by atoms with Gasteiger partial charge in [0.15, 0.2) is 0 Å². The second-order valence-corrected chi connectivity index (χ2v) is 9.37. The van der Waals surface area contributed by atoms with Crippen molar-refractivity contribution in [3.05, 3.63) is 124 Å². The third kappa shape index (κ3) is 7.96. The topological polar surface area (TPSA) is 166 Å². The van der Waals surface area contributed by atoms with Gasteiger partial charge in [0, 0.05) is 33.8 Å². The van der Waals surface area contributed by atoms with Gasteiger partial charge in [-0.2, -0.15) is 0 Å². The molecule has 0 spiro atoms. The number of nitrogens with one attached hydrogen (secondary N) is 3. The SMILES string of the molecule is COC(=O)c1ccc(NC(=O)c2cc(NC(=O)c3cccc(C(=O)OC)c3)cc(C(=O)Nc3ccc(C(=O)OC)cc3)c2)cc1. The molecule has 0 aliphatic carbocycles. The predicted octanol–water partition coefficient (Wildman–Crippen LogP) is 4.80. The van der Waals surface area contributed by atoms with Crippen molar-refractivity contribution in [3.8, 4) is 0 Å². The number of carbonyl (C=O) groups excluding carboxylic acids is 6. The molecule has 0 heterocycles. The number of carbonyl (C=O) groups is 6. The predicted molar refractivity (Wildman–Crippen MR) is 164 cm³/mol. The molecule has 0 saturated carbocycles. The highest BCUT2D eigenvalue weighted by atomic mass is 16.5. The minimum absolute atomic E-state index is 0.0272. The van der Waals surface area contributed by atoms with Crippen LogP contribution in [0.15, 0.2) is 91.0 Å². The molecule has 0 aromatic heterocycles.